The number of amides is 1. The van der Waals surface area contributed by atoms with Gasteiger partial charge in [-0.2, -0.15) is 10.1 Å². The quantitative estimate of drug-likeness (QED) is 0.629. The highest BCUT2D eigenvalue weighted by Gasteiger charge is 2.20. The lowest BCUT2D eigenvalue weighted by molar-refractivity contribution is 0.0949. The van der Waals surface area contributed by atoms with Crippen LogP contribution in [0.15, 0.2) is 24.9 Å². The second-order valence-electron chi connectivity index (χ2n) is 6.34. The molecule has 3 rings (SSSR count). The number of carbonyl (C=O) groups excluding carboxylic acids is 1. The summed E-state index contributed by atoms with van der Waals surface area (Å²) in [5.74, 6) is 0.175. The highest BCUT2D eigenvalue weighted by molar-refractivity contribution is 6.30. The minimum Gasteiger partial charge on any atom is -0.346 e. The average molecular weight is 388 g/mol. The topological polar surface area (TPSA) is 90.5 Å². The van der Waals surface area contributed by atoms with Crippen molar-refractivity contribution in [3.05, 3.63) is 52.6 Å². The smallest absolute Gasteiger partial charge is 0.255 e. The van der Waals surface area contributed by atoms with Crippen LogP contribution in [0.5, 0.6) is 0 Å². The summed E-state index contributed by atoms with van der Waals surface area (Å²) in [5, 5.41) is 7.65. The van der Waals surface area contributed by atoms with Gasteiger partial charge in [-0.05, 0) is 19.8 Å². The Bertz CT molecular complexity index is 947. The maximum absolute atomic E-state index is 12.7. The van der Waals surface area contributed by atoms with E-state index in [9.17, 15) is 4.79 Å². The first kappa shape index (κ1) is 19.0. The summed E-state index contributed by atoms with van der Waals surface area (Å²) < 4.78 is 3.46. The van der Waals surface area contributed by atoms with E-state index in [1.54, 1.807) is 29.6 Å². The molecule has 0 unspecified atom stereocenters. The van der Waals surface area contributed by atoms with Crippen LogP contribution in [0.1, 0.15) is 47.1 Å². The Morgan fingerprint density at radius 3 is 2.78 bits per heavy atom. The van der Waals surface area contributed by atoms with E-state index in [1.165, 1.54) is 0 Å². The first-order valence-electron chi connectivity index (χ1n) is 8.81. The molecule has 0 aliphatic rings. The van der Waals surface area contributed by atoms with Crippen LogP contribution in [-0.4, -0.2) is 35.2 Å². The molecule has 3 heterocycles. The molecule has 142 valence electrons. The van der Waals surface area contributed by atoms with E-state index in [-0.39, 0.29) is 5.91 Å². The number of hydrogen-bond acceptors (Lipinski definition) is 5. The molecule has 0 radical (unpaired) electrons. The van der Waals surface area contributed by atoms with Crippen LogP contribution in [0.4, 0.5) is 0 Å². The summed E-state index contributed by atoms with van der Waals surface area (Å²) in [7, 11) is 1.89. The highest BCUT2D eigenvalue weighted by Crippen LogP contribution is 2.18. The monoisotopic (exact) mass is 387 g/mol. The summed E-state index contributed by atoms with van der Waals surface area (Å²) >= 11 is 6.13. The van der Waals surface area contributed by atoms with Gasteiger partial charge in [-0.15, -0.1) is 0 Å². The van der Waals surface area contributed by atoms with Crippen LogP contribution in [0.25, 0.3) is 5.95 Å². The van der Waals surface area contributed by atoms with Gasteiger partial charge in [0, 0.05) is 25.0 Å². The average Bonchev–Trinajstić information content (AvgIpc) is 3.26. The third kappa shape index (κ3) is 4.16. The van der Waals surface area contributed by atoms with Gasteiger partial charge in [0.15, 0.2) is 0 Å². The van der Waals surface area contributed by atoms with Crippen molar-refractivity contribution in [3.8, 4) is 5.95 Å². The molecule has 0 fully saturated rings. The molecule has 9 heteroatoms. The fraction of sp³-hybridized carbons (Fsp3) is 0.389. The molecule has 0 saturated carbocycles. The zero-order valence-corrected chi connectivity index (χ0v) is 16.4. The molecule has 0 aliphatic carbocycles. The van der Waals surface area contributed by atoms with E-state index < -0.39 is 0 Å². The third-order valence-electron chi connectivity index (χ3n) is 4.31. The Labute approximate surface area is 162 Å². The van der Waals surface area contributed by atoms with E-state index in [0.717, 1.165) is 29.8 Å². The largest absolute Gasteiger partial charge is 0.346 e. The first-order valence-corrected chi connectivity index (χ1v) is 9.18. The van der Waals surface area contributed by atoms with Crippen LogP contribution in [0.3, 0.4) is 0 Å². The standard InChI is InChI=1S/C18H22ClN7O/c1-4-5-6-15-14(17(27)21-9-13-8-20-11-25(13)3)10-23-26(15)18-22-7-12(2)16(19)24-18/h7-8,10-11H,4-6,9H2,1-3H3,(H,21,27). The van der Waals surface area contributed by atoms with Gasteiger partial charge in [0.25, 0.3) is 11.9 Å². The van der Waals surface area contributed by atoms with Gasteiger partial charge in [-0.1, -0.05) is 24.9 Å². The van der Waals surface area contributed by atoms with Crippen molar-refractivity contribution in [2.75, 3.05) is 0 Å². The number of nitrogens with zero attached hydrogens (tertiary/aromatic N) is 6. The summed E-state index contributed by atoms with van der Waals surface area (Å²) in [4.78, 5) is 25.4. The zero-order chi connectivity index (χ0) is 19.4. The molecule has 0 atom stereocenters. The third-order valence-corrected chi connectivity index (χ3v) is 4.70. The predicted molar refractivity (Wildman–Crippen MR) is 102 cm³/mol. The lowest BCUT2D eigenvalue weighted by atomic mass is 10.1. The van der Waals surface area contributed by atoms with Crippen molar-refractivity contribution in [1.29, 1.82) is 0 Å². The second kappa shape index (κ2) is 8.30. The Hall–Kier alpha value is -2.74. The SMILES string of the molecule is CCCCc1c(C(=O)NCc2cncn2C)cnn1-c1ncc(C)c(Cl)n1. The second-order valence-corrected chi connectivity index (χ2v) is 6.70. The number of imidazole rings is 1. The molecule has 1 N–H and O–H groups in total. The molecular formula is C18H22ClN7O. The van der Waals surface area contributed by atoms with E-state index in [2.05, 4.69) is 32.3 Å². The number of rotatable bonds is 7. The van der Waals surface area contributed by atoms with Crippen molar-refractivity contribution in [2.24, 2.45) is 7.05 Å². The fourth-order valence-electron chi connectivity index (χ4n) is 2.66. The Morgan fingerprint density at radius 2 is 2.11 bits per heavy atom. The lowest BCUT2D eigenvalue weighted by Gasteiger charge is -2.09. The van der Waals surface area contributed by atoms with Gasteiger partial charge in [0.1, 0.15) is 5.15 Å². The normalized spacial score (nSPS) is 11.0. The number of nitrogens with one attached hydrogen (secondary N) is 1. The molecule has 0 bridgehead atoms. The number of unbranched alkanes of at least 4 members (excludes halogenated alkanes) is 1. The summed E-state index contributed by atoms with van der Waals surface area (Å²) in [6, 6.07) is 0. The first-order chi connectivity index (χ1) is 13.0. The van der Waals surface area contributed by atoms with E-state index in [4.69, 9.17) is 11.6 Å². The van der Waals surface area contributed by atoms with Crippen molar-refractivity contribution >= 4 is 17.5 Å². The molecule has 27 heavy (non-hydrogen) atoms. The van der Waals surface area contributed by atoms with Crippen LogP contribution >= 0.6 is 11.6 Å². The molecular weight excluding hydrogens is 366 g/mol. The summed E-state index contributed by atoms with van der Waals surface area (Å²) in [6.45, 7) is 4.33. The maximum Gasteiger partial charge on any atom is 0.255 e. The maximum atomic E-state index is 12.7. The van der Waals surface area contributed by atoms with Crippen molar-refractivity contribution in [2.45, 2.75) is 39.7 Å². The molecule has 1 amide bonds. The minimum atomic E-state index is -0.188. The predicted octanol–water partition coefficient (Wildman–Crippen LogP) is 2.63. The van der Waals surface area contributed by atoms with Crippen LogP contribution in [-0.2, 0) is 20.0 Å². The van der Waals surface area contributed by atoms with Crippen LogP contribution in [0.2, 0.25) is 5.15 Å². The number of hydrogen-bond donors (Lipinski definition) is 1. The van der Waals surface area contributed by atoms with Gasteiger partial charge in [-0.3, -0.25) is 4.79 Å². The zero-order valence-electron chi connectivity index (χ0n) is 15.6. The van der Waals surface area contributed by atoms with Crippen LogP contribution < -0.4 is 5.32 Å². The number of carbonyl (C=O) groups is 1. The van der Waals surface area contributed by atoms with Gasteiger partial charge in [0.05, 0.1) is 36.0 Å². The van der Waals surface area contributed by atoms with Crippen LogP contribution in [0, 0.1) is 6.92 Å². The lowest BCUT2D eigenvalue weighted by Crippen LogP contribution is -2.25. The number of halogens is 1. The molecule has 3 aromatic rings. The molecule has 8 nitrogen and oxygen atoms in total. The van der Waals surface area contributed by atoms with Crippen molar-refractivity contribution in [1.82, 2.24) is 34.6 Å². The van der Waals surface area contributed by atoms with Gasteiger partial charge in [-0.25, -0.2) is 14.6 Å². The van der Waals surface area contributed by atoms with E-state index >= 15 is 0 Å². The van der Waals surface area contributed by atoms with Gasteiger partial charge < -0.3 is 9.88 Å². The Kier molecular flexibility index (Phi) is 5.85. The Morgan fingerprint density at radius 1 is 1.30 bits per heavy atom. The number of aryl methyl sites for hydroxylation is 2. The van der Waals surface area contributed by atoms with Crippen molar-refractivity contribution < 1.29 is 4.79 Å². The summed E-state index contributed by atoms with van der Waals surface area (Å²) in [5.41, 5.74) is 3.00. The highest BCUT2D eigenvalue weighted by atomic mass is 35.5. The van der Waals surface area contributed by atoms with Crippen molar-refractivity contribution in [3.63, 3.8) is 0 Å². The molecule has 0 spiro atoms. The molecule has 0 saturated heterocycles. The minimum absolute atomic E-state index is 0.188. The summed E-state index contributed by atoms with van der Waals surface area (Å²) in [6.07, 6.45) is 9.25. The van der Waals surface area contributed by atoms with Gasteiger partial charge >= 0.3 is 0 Å². The van der Waals surface area contributed by atoms with E-state index in [0.29, 0.717) is 29.6 Å². The number of aromatic nitrogens is 6. The Balaban J connectivity index is 1.88. The molecule has 0 aliphatic heterocycles. The molecule has 0 aromatic carbocycles. The van der Waals surface area contributed by atoms with Gasteiger partial charge in [0.2, 0.25) is 0 Å². The fourth-order valence-corrected chi connectivity index (χ4v) is 2.78. The van der Waals surface area contributed by atoms with E-state index in [1.807, 2.05) is 18.5 Å². The molecule has 3 aromatic heterocycles.